The highest BCUT2D eigenvalue weighted by molar-refractivity contribution is 7.98. The molecule has 3 aromatic rings. The van der Waals surface area contributed by atoms with Crippen molar-refractivity contribution in [2.45, 2.75) is 38.3 Å². The molecule has 1 aromatic heterocycles. The molecule has 0 aliphatic rings. The van der Waals surface area contributed by atoms with Gasteiger partial charge in [-0.25, -0.2) is 0 Å². The molecule has 0 bridgehead atoms. The maximum absolute atomic E-state index is 5.94. The third kappa shape index (κ3) is 5.04. The Morgan fingerprint density at radius 3 is 2.41 bits per heavy atom. The Morgan fingerprint density at radius 2 is 1.67 bits per heavy atom. The van der Waals surface area contributed by atoms with E-state index in [2.05, 4.69) is 41.4 Å². The third-order valence-corrected chi connectivity index (χ3v) is 5.26. The van der Waals surface area contributed by atoms with Gasteiger partial charge in [0.05, 0.1) is 6.61 Å². The SMILES string of the molecule is CCOc1cc(C)ccc1OCc1nnc(SCc2ccc(C)cc2)n1C. The predicted molar refractivity (Wildman–Crippen MR) is 108 cm³/mol. The van der Waals surface area contributed by atoms with Crippen LogP contribution in [0.15, 0.2) is 47.6 Å². The molecular weight excluding hydrogens is 358 g/mol. The van der Waals surface area contributed by atoms with E-state index in [9.17, 15) is 0 Å². The van der Waals surface area contributed by atoms with E-state index in [1.54, 1.807) is 11.8 Å². The van der Waals surface area contributed by atoms with Gasteiger partial charge in [-0.3, -0.25) is 0 Å². The smallest absolute Gasteiger partial charge is 0.191 e. The van der Waals surface area contributed by atoms with E-state index in [1.807, 2.05) is 43.7 Å². The molecule has 6 heteroatoms. The van der Waals surface area contributed by atoms with Gasteiger partial charge in [0.2, 0.25) is 0 Å². The fraction of sp³-hybridized carbons (Fsp3) is 0.333. The zero-order chi connectivity index (χ0) is 19.2. The fourth-order valence-electron chi connectivity index (χ4n) is 2.57. The first-order valence-electron chi connectivity index (χ1n) is 8.99. The number of hydrogen-bond donors (Lipinski definition) is 0. The van der Waals surface area contributed by atoms with Gasteiger partial charge in [-0.1, -0.05) is 47.7 Å². The van der Waals surface area contributed by atoms with Crippen molar-refractivity contribution in [2.75, 3.05) is 6.61 Å². The van der Waals surface area contributed by atoms with Crippen molar-refractivity contribution in [1.82, 2.24) is 14.8 Å². The first-order chi connectivity index (χ1) is 13.1. The van der Waals surface area contributed by atoms with Crippen LogP contribution in [0, 0.1) is 13.8 Å². The van der Waals surface area contributed by atoms with Crippen molar-refractivity contribution >= 4 is 11.8 Å². The van der Waals surface area contributed by atoms with E-state index in [-0.39, 0.29) is 0 Å². The number of rotatable bonds is 8. The summed E-state index contributed by atoms with van der Waals surface area (Å²) in [4.78, 5) is 0. The van der Waals surface area contributed by atoms with Crippen LogP contribution in [-0.2, 0) is 19.4 Å². The van der Waals surface area contributed by atoms with Gasteiger partial charge < -0.3 is 14.0 Å². The highest BCUT2D eigenvalue weighted by atomic mass is 32.2. The van der Waals surface area contributed by atoms with Gasteiger partial charge in [0, 0.05) is 12.8 Å². The minimum Gasteiger partial charge on any atom is -0.490 e. The second kappa shape index (κ2) is 8.95. The van der Waals surface area contributed by atoms with Crippen molar-refractivity contribution in [3.63, 3.8) is 0 Å². The average molecular weight is 384 g/mol. The minimum absolute atomic E-state index is 0.345. The van der Waals surface area contributed by atoms with Crippen LogP contribution in [0.5, 0.6) is 11.5 Å². The summed E-state index contributed by atoms with van der Waals surface area (Å²) in [5.74, 6) is 3.12. The van der Waals surface area contributed by atoms with Crippen LogP contribution >= 0.6 is 11.8 Å². The molecule has 0 spiro atoms. The quantitative estimate of drug-likeness (QED) is 0.528. The Labute approximate surface area is 164 Å². The van der Waals surface area contributed by atoms with E-state index in [0.717, 1.165) is 33.8 Å². The number of nitrogens with zero attached hydrogens (tertiary/aromatic N) is 3. The van der Waals surface area contributed by atoms with Crippen molar-refractivity contribution in [2.24, 2.45) is 7.05 Å². The molecule has 0 N–H and O–H groups in total. The normalized spacial score (nSPS) is 10.8. The number of benzene rings is 2. The van der Waals surface area contributed by atoms with Gasteiger partial charge >= 0.3 is 0 Å². The molecule has 0 saturated heterocycles. The minimum atomic E-state index is 0.345. The van der Waals surface area contributed by atoms with Crippen LogP contribution in [0.1, 0.15) is 29.4 Å². The van der Waals surface area contributed by atoms with Crippen LogP contribution in [0.3, 0.4) is 0 Å². The first-order valence-corrected chi connectivity index (χ1v) is 9.98. The van der Waals surface area contributed by atoms with Gasteiger partial charge in [0.25, 0.3) is 0 Å². The third-order valence-electron chi connectivity index (χ3n) is 4.17. The summed E-state index contributed by atoms with van der Waals surface area (Å²) >= 11 is 1.67. The highest BCUT2D eigenvalue weighted by Gasteiger charge is 2.12. The second-order valence-electron chi connectivity index (χ2n) is 6.40. The molecule has 0 fully saturated rings. The van der Waals surface area contributed by atoms with E-state index >= 15 is 0 Å². The summed E-state index contributed by atoms with van der Waals surface area (Å²) in [7, 11) is 1.97. The van der Waals surface area contributed by atoms with Crippen LogP contribution in [0.4, 0.5) is 0 Å². The molecule has 27 heavy (non-hydrogen) atoms. The second-order valence-corrected chi connectivity index (χ2v) is 7.35. The van der Waals surface area contributed by atoms with E-state index in [1.165, 1.54) is 11.1 Å². The molecule has 0 aliphatic heterocycles. The summed E-state index contributed by atoms with van der Waals surface area (Å²) in [5.41, 5.74) is 3.68. The summed E-state index contributed by atoms with van der Waals surface area (Å²) in [6.07, 6.45) is 0. The lowest BCUT2D eigenvalue weighted by atomic mass is 10.2. The Bertz CT molecular complexity index is 891. The van der Waals surface area contributed by atoms with Gasteiger partial charge in [-0.2, -0.15) is 0 Å². The Balaban J connectivity index is 1.63. The summed E-state index contributed by atoms with van der Waals surface area (Å²) < 4.78 is 13.6. The molecular formula is C21H25N3O2S. The number of ether oxygens (including phenoxy) is 2. The standard InChI is InChI=1S/C21H25N3O2S/c1-5-25-19-12-16(3)8-11-18(19)26-13-20-22-23-21(24(20)4)27-14-17-9-6-15(2)7-10-17/h6-12H,5,13-14H2,1-4H3. The van der Waals surface area contributed by atoms with Gasteiger partial charge in [0.1, 0.15) is 6.61 Å². The van der Waals surface area contributed by atoms with Gasteiger partial charge in [0.15, 0.2) is 22.5 Å². The molecule has 0 unspecified atom stereocenters. The zero-order valence-electron chi connectivity index (χ0n) is 16.2. The molecule has 2 aromatic carbocycles. The van der Waals surface area contributed by atoms with E-state index in [0.29, 0.717) is 13.2 Å². The Hall–Kier alpha value is -2.47. The lowest BCUT2D eigenvalue weighted by Crippen LogP contribution is -2.05. The summed E-state index contributed by atoms with van der Waals surface area (Å²) in [5, 5.41) is 9.45. The number of hydrogen-bond acceptors (Lipinski definition) is 5. The summed E-state index contributed by atoms with van der Waals surface area (Å²) in [6, 6.07) is 14.5. The maximum atomic E-state index is 5.94. The molecule has 5 nitrogen and oxygen atoms in total. The predicted octanol–water partition coefficient (Wildman–Crippen LogP) is 4.70. The molecule has 0 radical (unpaired) electrons. The molecule has 0 atom stereocenters. The van der Waals surface area contributed by atoms with E-state index < -0.39 is 0 Å². The van der Waals surface area contributed by atoms with Crippen molar-refractivity contribution in [1.29, 1.82) is 0 Å². The zero-order valence-corrected chi connectivity index (χ0v) is 17.0. The van der Waals surface area contributed by atoms with Crippen LogP contribution in [0.25, 0.3) is 0 Å². The van der Waals surface area contributed by atoms with Crippen LogP contribution < -0.4 is 9.47 Å². The Kier molecular flexibility index (Phi) is 6.40. The molecule has 0 amide bonds. The van der Waals surface area contributed by atoms with E-state index in [4.69, 9.17) is 9.47 Å². The van der Waals surface area contributed by atoms with Crippen molar-refractivity contribution < 1.29 is 9.47 Å². The molecule has 1 heterocycles. The number of aryl methyl sites for hydroxylation is 2. The molecule has 3 rings (SSSR count). The summed E-state index contributed by atoms with van der Waals surface area (Å²) in [6.45, 7) is 7.04. The van der Waals surface area contributed by atoms with Crippen molar-refractivity contribution in [3.8, 4) is 11.5 Å². The van der Waals surface area contributed by atoms with Crippen molar-refractivity contribution in [3.05, 3.63) is 65.0 Å². The maximum Gasteiger partial charge on any atom is 0.191 e. The number of aromatic nitrogens is 3. The lowest BCUT2D eigenvalue weighted by molar-refractivity contribution is 0.260. The van der Waals surface area contributed by atoms with Gasteiger partial charge in [-0.15, -0.1) is 10.2 Å². The lowest BCUT2D eigenvalue weighted by Gasteiger charge is -2.12. The van der Waals surface area contributed by atoms with Crippen LogP contribution in [-0.4, -0.2) is 21.4 Å². The molecule has 142 valence electrons. The first kappa shape index (κ1) is 19.3. The average Bonchev–Trinajstić information content (AvgIpc) is 3.01. The molecule has 0 aliphatic carbocycles. The molecule has 0 saturated carbocycles. The van der Waals surface area contributed by atoms with Crippen LogP contribution in [0.2, 0.25) is 0 Å². The van der Waals surface area contributed by atoms with Gasteiger partial charge in [-0.05, 0) is 44.0 Å². The fourth-order valence-corrected chi connectivity index (χ4v) is 3.46. The number of thioether (sulfide) groups is 1. The Morgan fingerprint density at radius 1 is 0.926 bits per heavy atom. The highest BCUT2D eigenvalue weighted by Crippen LogP contribution is 2.29. The topological polar surface area (TPSA) is 49.2 Å². The monoisotopic (exact) mass is 383 g/mol. The largest absolute Gasteiger partial charge is 0.490 e.